The second-order valence-corrected chi connectivity index (χ2v) is 4.96. The molecule has 1 aromatic heterocycles. The highest BCUT2D eigenvalue weighted by atomic mass is 32.1. The molecule has 0 radical (unpaired) electrons. The van der Waals surface area contributed by atoms with Gasteiger partial charge in [0.05, 0.1) is 22.2 Å². The molecule has 0 saturated carbocycles. The molecule has 1 heterocycles. The average Bonchev–Trinajstić information content (AvgIpc) is 2.78. The summed E-state index contributed by atoms with van der Waals surface area (Å²) in [6.45, 7) is 1.89. The van der Waals surface area contributed by atoms with Crippen molar-refractivity contribution in [1.29, 1.82) is 5.26 Å². The van der Waals surface area contributed by atoms with Crippen LogP contribution in [0.5, 0.6) is 0 Å². The summed E-state index contributed by atoms with van der Waals surface area (Å²) >= 11 is 1.34. The number of hydrogen-bond donors (Lipinski definition) is 1. The fourth-order valence-electron chi connectivity index (χ4n) is 1.43. The van der Waals surface area contributed by atoms with Crippen LogP contribution < -0.4 is 5.32 Å². The topological polar surface area (TPSA) is 52.9 Å². The SMILES string of the molecule is Cc1ccc(C(=O)Nc2ccc(C#N)cc2F)s1. The summed E-state index contributed by atoms with van der Waals surface area (Å²) in [5.41, 5.74) is 0.294. The Morgan fingerprint density at radius 3 is 2.72 bits per heavy atom. The van der Waals surface area contributed by atoms with Gasteiger partial charge in [-0.25, -0.2) is 4.39 Å². The Balaban J connectivity index is 2.20. The lowest BCUT2D eigenvalue weighted by Gasteiger charge is -2.04. The molecule has 18 heavy (non-hydrogen) atoms. The number of thiophene rings is 1. The zero-order valence-corrected chi connectivity index (χ0v) is 10.3. The Morgan fingerprint density at radius 2 is 2.17 bits per heavy atom. The van der Waals surface area contributed by atoms with Gasteiger partial charge in [-0.05, 0) is 37.3 Å². The summed E-state index contributed by atoms with van der Waals surface area (Å²) in [5, 5.41) is 11.1. The van der Waals surface area contributed by atoms with Gasteiger partial charge in [-0.1, -0.05) is 0 Å². The van der Waals surface area contributed by atoms with Crippen molar-refractivity contribution < 1.29 is 9.18 Å². The van der Waals surface area contributed by atoms with Gasteiger partial charge in [0.25, 0.3) is 5.91 Å². The van der Waals surface area contributed by atoms with Gasteiger partial charge < -0.3 is 5.32 Å². The van der Waals surface area contributed by atoms with Crippen LogP contribution in [0.15, 0.2) is 30.3 Å². The van der Waals surface area contributed by atoms with Crippen molar-refractivity contribution in [3.8, 4) is 6.07 Å². The summed E-state index contributed by atoms with van der Waals surface area (Å²) in [5.74, 6) is -0.965. The number of nitriles is 1. The van der Waals surface area contributed by atoms with Crippen molar-refractivity contribution in [2.24, 2.45) is 0 Å². The molecule has 0 aliphatic rings. The first-order valence-electron chi connectivity index (χ1n) is 5.17. The lowest BCUT2D eigenvalue weighted by Crippen LogP contribution is -2.11. The molecule has 2 rings (SSSR count). The molecule has 0 aliphatic carbocycles. The number of anilines is 1. The normalized spacial score (nSPS) is 9.83. The standard InChI is InChI=1S/C13H9FN2OS/c1-8-2-5-12(18-8)13(17)16-11-4-3-9(7-15)6-10(11)14/h2-6H,1H3,(H,16,17). The van der Waals surface area contributed by atoms with E-state index >= 15 is 0 Å². The fraction of sp³-hybridized carbons (Fsp3) is 0.0769. The molecule has 3 nitrogen and oxygen atoms in total. The van der Waals surface area contributed by atoms with E-state index in [1.54, 1.807) is 6.07 Å². The molecule has 1 N–H and O–H groups in total. The summed E-state index contributed by atoms with van der Waals surface area (Å²) in [6, 6.07) is 9.28. The second kappa shape index (κ2) is 4.98. The predicted molar refractivity (Wildman–Crippen MR) is 68.1 cm³/mol. The monoisotopic (exact) mass is 260 g/mol. The van der Waals surface area contributed by atoms with Crippen molar-refractivity contribution in [3.63, 3.8) is 0 Å². The zero-order valence-electron chi connectivity index (χ0n) is 9.53. The van der Waals surface area contributed by atoms with Crippen LogP contribution in [0.3, 0.4) is 0 Å². The van der Waals surface area contributed by atoms with E-state index in [-0.39, 0.29) is 17.2 Å². The van der Waals surface area contributed by atoms with E-state index in [9.17, 15) is 9.18 Å². The third-order valence-corrected chi connectivity index (χ3v) is 3.31. The lowest BCUT2D eigenvalue weighted by molar-refractivity contribution is 0.103. The molecule has 90 valence electrons. The molecule has 0 spiro atoms. The first-order chi connectivity index (χ1) is 8.60. The summed E-state index contributed by atoms with van der Waals surface area (Å²) in [4.78, 5) is 13.3. The quantitative estimate of drug-likeness (QED) is 0.900. The number of nitrogens with zero attached hydrogens (tertiary/aromatic N) is 1. The van der Waals surface area contributed by atoms with E-state index in [1.807, 2.05) is 19.1 Å². The van der Waals surface area contributed by atoms with Crippen molar-refractivity contribution in [2.75, 3.05) is 5.32 Å². The number of rotatable bonds is 2. The first kappa shape index (κ1) is 12.3. The molecule has 0 fully saturated rings. The second-order valence-electron chi connectivity index (χ2n) is 3.67. The van der Waals surface area contributed by atoms with Crippen LogP contribution in [0, 0.1) is 24.1 Å². The third-order valence-electron chi connectivity index (χ3n) is 2.31. The molecule has 1 amide bonds. The Morgan fingerprint density at radius 1 is 1.39 bits per heavy atom. The van der Waals surface area contributed by atoms with E-state index in [1.165, 1.54) is 23.5 Å². The van der Waals surface area contributed by atoms with Gasteiger partial charge in [0.2, 0.25) is 0 Å². The van der Waals surface area contributed by atoms with E-state index in [2.05, 4.69) is 5.32 Å². The van der Waals surface area contributed by atoms with Crippen molar-refractivity contribution >= 4 is 22.9 Å². The van der Waals surface area contributed by atoms with E-state index in [4.69, 9.17) is 5.26 Å². The van der Waals surface area contributed by atoms with Gasteiger partial charge in [0.15, 0.2) is 0 Å². The van der Waals surface area contributed by atoms with E-state index in [0.717, 1.165) is 10.9 Å². The highest BCUT2D eigenvalue weighted by molar-refractivity contribution is 7.14. The van der Waals surface area contributed by atoms with Crippen LogP contribution in [0.4, 0.5) is 10.1 Å². The van der Waals surface area contributed by atoms with Crippen molar-refractivity contribution in [3.05, 3.63) is 51.5 Å². The van der Waals surface area contributed by atoms with Crippen LogP contribution in [0.25, 0.3) is 0 Å². The Hall–Kier alpha value is -2.19. The van der Waals surface area contributed by atoms with Gasteiger partial charge in [0.1, 0.15) is 5.82 Å². The van der Waals surface area contributed by atoms with Gasteiger partial charge in [-0.3, -0.25) is 4.79 Å². The van der Waals surface area contributed by atoms with Crippen LogP contribution in [-0.2, 0) is 0 Å². The molecule has 1 aromatic carbocycles. The number of nitrogens with one attached hydrogen (secondary N) is 1. The average molecular weight is 260 g/mol. The largest absolute Gasteiger partial charge is 0.319 e. The number of hydrogen-bond acceptors (Lipinski definition) is 3. The number of halogens is 1. The Labute approximate surface area is 107 Å². The molecule has 0 atom stereocenters. The highest BCUT2D eigenvalue weighted by Crippen LogP contribution is 2.19. The van der Waals surface area contributed by atoms with Crippen molar-refractivity contribution in [1.82, 2.24) is 0 Å². The van der Waals surface area contributed by atoms with Crippen LogP contribution in [-0.4, -0.2) is 5.91 Å². The molecule has 5 heteroatoms. The number of aryl methyl sites for hydroxylation is 1. The van der Waals surface area contributed by atoms with Gasteiger partial charge in [-0.2, -0.15) is 5.26 Å². The van der Waals surface area contributed by atoms with Gasteiger partial charge >= 0.3 is 0 Å². The Bertz CT molecular complexity index is 643. The minimum atomic E-state index is -0.615. The smallest absolute Gasteiger partial charge is 0.265 e. The number of benzene rings is 1. The van der Waals surface area contributed by atoms with Gasteiger partial charge in [0, 0.05) is 4.88 Å². The van der Waals surface area contributed by atoms with Crippen LogP contribution in [0.1, 0.15) is 20.1 Å². The van der Waals surface area contributed by atoms with Gasteiger partial charge in [-0.15, -0.1) is 11.3 Å². The zero-order chi connectivity index (χ0) is 13.1. The van der Waals surface area contributed by atoms with Crippen LogP contribution >= 0.6 is 11.3 Å². The minimum Gasteiger partial charge on any atom is -0.319 e. The van der Waals surface area contributed by atoms with E-state index in [0.29, 0.717) is 4.88 Å². The third kappa shape index (κ3) is 2.55. The summed E-state index contributed by atoms with van der Waals surface area (Å²) in [7, 11) is 0. The predicted octanol–water partition coefficient (Wildman–Crippen LogP) is 3.32. The molecular formula is C13H9FN2OS. The maximum atomic E-state index is 13.6. The molecular weight excluding hydrogens is 251 g/mol. The summed E-state index contributed by atoms with van der Waals surface area (Å²) < 4.78 is 13.6. The number of amides is 1. The lowest BCUT2D eigenvalue weighted by atomic mass is 10.2. The molecule has 0 bridgehead atoms. The Kier molecular flexibility index (Phi) is 3.40. The molecule has 0 unspecified atom stereocenters. The fourth-order valence-corrected chi connectivity index (χ4v) is 2.19. The molecule has 2 aromatic rings. The maximum absolute atomic E-state index is 13.6. The maximum Gasteiger partial charge on any atom is 0.265 e. The van der Waals surface area contributed by atoms with Crippen molar-refractivity contribution in [2.45, 2.75) is 6.92 Å². The number of carbonyl (C=O) groups excluding carboxylic acids is 1. The van der Waals surface area contributed by atoms with Crippen LogP contribution in [0.2, 0.25) is 0 Å². The summed E-state index contributed by atoms with van der Waals surface area (Å²) in [6.07, 6.45) is 0. The number of carbonyl (C=O) groups is 1. The molecule has 0 saturated heterocycles. The molecule has 0 aliphatic heterocycles. The van der Waals surface area contributed by atoms with E-state index < -0.39 is 5.82 Å². The minimum absolute atomic E-state index is 0.0741. The highest BCUT2D eigenvalue weighted by Gasteiger charge is 2.11. The first-order valence-corrected chi connectivity index (χ1v) is 5.99.